The number of hydrogen-bond acceptors (Lipinski definition) is 2. The zero-order chi connectivity index (χ0) is 10.6. The lowest BCUT2D eigenvalue weighted by Gasteiger charge is -2.03. The van der Waals surface area contributed by atoms with E-state index in [0.29, 0.717) is 0 Å². The summed E-state index contributed by atoms with van der Waals surface area (Å²) >= 11 is 0. The predicted octanol–water partition coefficient (Wildman–Crippen LogP) is 2.94. The summed E-state index contributed by atoms with van der Waals surface area (Å²) in [6, 6.07) is 0. The highest BCUT2D eigenvalue weighted by Crippen LogP contribution is 2.11. The Hall–Kier alpha value is -1.44. The van der Waals surface area contributed by atoms with E-state index in [1.807, 2.05) is 32.2 Å². The Morgan fingerprint density at radius 1 is 1.57 bits per heavy atom. The fourth-order valence-corrected chi connectivity index (χ4v) is 1.18. The SMILES string of the molecule is C=C/C(C)=C\c1nc(C)ncc1CC. The Bertz CT molecular complexity index is 365. The molecular formula is C12H16N2. The molecule has 1 rings (SSSR count). The van der Waals surface area contributed by atoms with Crippen LogP contribution in [-0.4, -0.2) is 9.97 Å². The van der Waals surface area contributed by atoms with Crippen LogP contribution in [-0.2, 0) is 6.42 Å². The van der Waals surface area contributed by atoms with E-state index in [9.17, 15) is 0 Å². The second-order valence-electron chi connectivity index (χ2n) is 3.27. The van der Waals surface area contributed by atoms with E-state index in [0.717, 1.165) is 23.5 Å². The number of aryl methyl sites for hydroxylation is 2. The average Bonchev–Trinajstić information content (AvgIpc) is 2.18. The summed E-state index contributed by atoms with van der Waals surface area (Å²) in [4.78, 5) is 8.57. The van der Waals surface area contributed by atoms with Crippen LogP contribution < -0.4 is 0 Å². The minimum atomic E-state index is 0.810. The van der Waals surface area contributed by atoms with Gasteiger partial charge in [-0.05, 0) is 37.5 Å². The second kappa shape index (κ2) is 4.70. The van der Waals surface area contributed by atoms with Crippen LogP contribution in [0.15, 0.2) is 24.4 Å². The second-order valence-corrected chi connectivity index (χ2v) is 3.27. The summed E-state index contributed by atoms with van der Waals surface area (Å²) in [7, 11) is 0. The molecule has 14 heavy (non-hydrogen) atoms. The zero-order valence-electron chi connectivity index (χ0n) is 9.04. The molecule has 2 nitrogen and oxygen atoms in total. The van der Waals surface area contributed by atoms with Crippen LogP contribution >= 0.6 is 0 Å². The van der Waals surface area contributed by atoms with Crippen molar-refractivity contribution in [1.82, 2.24) is 9.97 Å². The van der Waals surface area contributed by atoms with Gasteiger partial charge in [0.15, 0.2) is 0 Å². The van der Waals surface area contributed by atoms with Gasteiger partial charge in [-0.3, -0.25) is 0 Å². The fraction of sp³-hybridized carbons (Fsp3) is 0.333. The highest BCUT2D eigenvalue weighted by atomic mass is 14.9. The Kier molecular flexibility index (Phi) is 3.57. The molecule has 0 saturated heterocycles. The fourth-order valence-electron chi connectivity index (χ4n) is 1.18. The molecule has 2 heteroatoms. The molecule has 1 aromatic heterocycles. The molecule has 0 aliphatic rings. The Morgan fingerprint density at radius 3 is 2.86 bits per heavy atom. The topological polar surface area (TPSA) is 25.8 Å². The van der Waals surface area contributed by atoms with Crippen molar-refractivity contribution in [3.8, 4) is 0 Å². The maximum atomic E-state index is 4.40. The first-order valence-electron chi connectivity index (χ1n) is 4.80. The maximum Gasteiger partial charge on any atom is 0.125 e. The Balaban J connectivity index is 3.17. The van der Waals surface area contributed by atoms with Gasteiger partial charge in [-0.1, -0.05) is 19.6 Å². The van der Waals surface area contributed by atoms with E-state index >= 15 is 0 Å². The summed E-state index contributed by atoms with van der Waals surface area (Å²) in [6.45, 7) is 9.75. The highest BCUT2D eigenvalue weighted by Gasteiger charge is 2.00. The van der Waals surface area contributed by atoms with Crippen LogP contribution in [0.1, 0.15) is 30.9 Å². The van der Waals surface area contributed by atoms with Crippen LogP contribution in [0.3, 0.4) is 0 Å². The molecule has 0 amide bonds. The molecule has 0 saturated carbocycles. The first kappa shape index (κ1) is 10.6. The van der Waals surface area contributed by atoms with E-state index in [-0.39, 0.29) is 0 Å². The lowest BCUT2D eigenvalue weighted by Crippen LogP contribution is -1.96. The van der Waals surface area contributed by atoms with Crippen LogP contribution in [0.25, 0.3) is 6.08 Å². The molecule has 0 aromatic carbocycles. The van der Waals surface area contributed by atoms with Crippen LogP contribution in [0.4, 0.5) is 0 Å². The first-order chi connectivity index (χ1) is 6.67. The smallest absolute Gasteiger partial charge is 0.125 e. The monoisotopic (exact) mass is 188 g/mol. The molecule has 1 aromatic rings. The zero-order valence-corrected chi connectivity index (χ0v) is 9.04. The standard InChI is InChI=1S/C12H16N2/c1-5-9(3)7-12-11(6-2)8-13-10(4)14-12/h5,7-8H,1,6H2,2-4H3/b9-7-. The molecule has 1 heterocycles. The van der Waals surface area contributed by atoms with Gasteiger partial charge >= 0.3 is 0 Å². The Labute approximate surface area is 85.4 Å². The van der Waals surface area contributed by atoms with Crippen molar-refractivity contribution in [3.05, 3.63) is 41.5 Å². The lowest BCUT2D eigenvalue weighted by molar-refractivity contribution is 0.977. The van der Waals surface area contributed by atoms with Gasteiger partial charge in [0.25, 0.3) is 0 Å². The molecule has 0 unspecified atom stereocenters. The number of nitrogens with zero attached hydrogens (tertiary/aromatic N) is 2. The van der Waals surface area contributed by atoms with Crippen molar-refractivity contribution in [3.63, 3.8) is 0 Å². The van der Waals surface area contributed by atoms with E-state index < -0.39 is 0 Å². The summed E-state index contributed by atoms with van der Waals surface area (Å²) in [5, 5.41) is 0. The van der Waals surface area contributed by atoms with Crippen molar-refractivity contribution >= 4 is 6.08 Å². The van der Waals surface area contributed by atoms with Gasteiger partial charge in [-0.2, -0.15) is 0 Å². The molecule has 0 bridgehead atoms. The van der Waals surface area contributed by atoms with Gasteiger partial charge in [0.05, 0.1) is 5.69 Å². The van der Waals surface area contributed by atoms with Gasteiger partial charge in [0, 0.05) is 6.20 Å². The van der Waals surface area contributed by atoms with Crippen molar-refractivity contribution in [1.29, 1.82) is 0 Å². The third kappa shape index (κ3) is 2.52. The van der Waals surface area contributed by atoms with Crippen molar-refractivity contribution in [2.75, 3.05) is 0 Å². The first-order valence-corrected chi connectivity index (χ1v) is 4.80. The largest absolute Gasteiger partial charge is 0.241 e. The van der Waals surface area contributed by atoms with Crippen LogP contribution in [0.2, 0.25) is 0 Å². The van der Waals surface area contributed by atoms with Gasteiger partial charge in [-0.15, -0.1) is 0 Å². The quantitative estimate of drug-likeness (QED) is 0.681. The summed E-state index contributed by atoms with van der Waals surface area (Å²) in [5.41, 5.74) is 3.31. The van der Waals surface area contributed by atoms with Gasteiger partial charge in [0.2, 0.25) is 0 Å². The minimum absolute atomic E-state index is 0.810. The van der Waals surface area contributed by atoms with Crippen molar-refractivity contribution in [2.45, 2.75) is 27.2 Å². The molecule has 0 atom stereocenters. The molecule has 74 valence electrons. The molecular weight excluding hydrogens is 172 g/mol. The lowest BCUT2D eigenvalue weighted by atomic mass is 10.1. The number of rotatable bonds is 3. The third-order valence-electron chi connectivity index (χ3n) is 2.09. The minimum Gasteiger partial charge on any atom is -0.241 e. The van der Waals surface area contributed by atoms with E-state index in [1.54, 1.807) is 0 Å². The van der Waals surface area contributed by atoms with Crippen LogP contribution in [0.5, 0.6) is 0 Å². The van der Waals surface area contributed by atoms with Gasteiger partial charge in [0.1, 0.15) is 5.82 Å². The van der Waals surface area contributed by atoms with Crippen molar-refractivity contribution < 1.29 is 0 Å². The molecule has 0 fully saturated rings. The summed E-state index contributed by atoms with van der Waals surface area (Å²) < 4.78 is 0. The number of hydrogen-bond donors (Lipinski definition) is 0. The Morgan fingerprint density at radius 2 is 2.29 bits per heavy atom. The molecule has 0 spiro atoms. The van der Waals surface area contributed by atoms with E-state index in [4.69, 9.17) is 0 Å². The average molecular weight is 188 g/mol. The number of allylic oxidation sites excluding steroid dienone is 2. The summed E-state index contributed by atoms with van der Waals surface area (Å²) in [6.07, 6.45) is 6.72. The molecule has 0 aliphatic heterocycles. The van der Waals surface area contributed by atoms with E-state index in [1.165, 1.54) is 5.56 Å². The summed E-state index contributed by atoms with van der Waals surface area (Å²) in [5.74, 6) is 0.810. The van der Waals surface area contributed by atoms with E-state index in [2.05, 4.69) is 23.5 Å². The van der Waals surface area contributed by atoms with Gasteiger partial charge in [-0.25, -0.2) is 9.97 Å². The third-order valence-corrected chi connectivity index (χ3v) is 2.09. The van der Waals surface area contributed by atoms with Gasteiger partial charge < -0.3 is 0 Å². The molecule has 0 aliphatic carbocycles. The predicted molar refractivity (Wildman–Crippen MR) is 60.0 cm³/mol. The molecule has 0 N–H and O–H groups in total. The normalized spacial score (nSPS) is 11.5. The maximum absolute atomic E-state index is 4.40. The van der Waals surface area contributed by atoms with Crippen molar-refractivity contribution in [2.24, 2.45) is 0 Å². The van der Waals surface area contributed by atoms with Crippen LogP contribution in [0, 0.1) is 6.92 Å². The number of aromatic nitrogens is 2. The molecule has 0 radical (unpaired) electrons. The highest BCUT2D eigenvalue weighted by molar-refractivity contribution is 5.54.